The average molecular weight is 520 g/mol. The molecule has 0 saturated heterocycles. The summed E-state index contributed by atoms with van der Waals surface area (Å²) in [5.74, 6) is -7.57. The number of carbonyl (C=O) groups is 3. The van der Waals surface area contributed by atoms with Gasteiger partial charge < -0.3 is 31.1 Å². The number of rotatable bonds is 4. The minimum absolute atomic E-state index is 0.0578. The molecule has 0 aliphatic heterocycles. The van der Waals surface area contributed by atoms with Gasteiger partial charge in [0, 0.05) is 29.9 Å². The highest BCUT2D eigenvalue weighted by molar-refractivity contribution is 6.25. The number of ketones is 2. The van der Waals surface area contributed by atoms with E-state index in [0.29, 0.717) is 11.1 Å². The number of aromatic nitrogens is 1. The number of hydrogen-bond acceptors (Lipinski definition) is 9. The Hall–Kier alpha value is -3.86. The minimum atomic E-state index is -2.67. The lowest BCUT2D eigenvalue weighted by Gasteiger charge is -2.53. The van der Waals surface area contributed by atoms with Crippen LogP contribution in [-0.4, -0.2) is 79.6 Å². The molecule has 6 atom stereocenters. The van der Waals surface area contributed by atoms with Crippen molar-refractivity contribution in [1.29, 1.82) is 0 Å². The van der Waals surface area contributed by atoms with Crippen LogP contribution < -0.4 is 5.73 Å². The fourth-order valence-corrected chi connectivity index (χ4v) is 6.45. The van der Waals surface area contributed by atoms with Crippen LogP contribution in [0.25, 0.3) is 17.9 Å². The number of aromatic hydroxyl groups is 1. The molecule has 2 fully saturated rings. The van der Waals surface area contributed by atoms with Crippen molar-refractivity contribution in [3.05, 3.63) is 64.5 Å². The lowest BCUT2D eigenvalue weighted by Crippen LogP contribution is -2.73. The summed E-state index contributed by atoms with van der Waals surface area (Å²) in [6.07, 6.45) is 5.80. The van der Waals surface area contributed by atoms with Gasteiger partial charge in [0.1, 0.15) is 17.4 Å². The molecule has 0 radical (unpaired) electrons. The van der Waals surface area contributed by atoms with Crippen molar-refractivity contribution in [1.82, 2.24) is 9.88 Å². The molecule has 3 aliphatic rings. The monoisotopic (exact) mass is 519 g/mol. The van der Waals surface area contributed by atoms with Crippen LogP contribution in [0.3, 0.4) is 0 Å². The minimum Gasteiger partial charge on any atom is -0.507 e. The number of primary amides is 1. The zero-order chi connectivity index (χ0) is 27.5. The Bertz CT molecular complexity index is 1400. The van der Waals surface area contributed by atoms with Gasteiger partial charge in [0.2, 0.25) is 11.7 Å². The third kappa shape index (κ3) is 3.67. The van der Waals surface area contributed by atoms with E-state index in [9.17, 15) is 34.8 Å². The number of aliphatic hydroxyl groups is 3. The molecule has 0 spiro atoms. The average Bonchev–Trinajstić information content (AvgIpc) is 2.86. The maximum Gasteiger partial charge on any atom is 0.230 e. The van der Waals surface area contributed by atoms with E-state index in [-0.39, 0.29) is 29.7 Å². The summed E-state index contributed by atoms with van der Waals surface area (Å²) >= 11 is 0. The summed E-state index contributed by atoms with van der Waals surface area (Å²) in [6, 6.07) is 5.83. The van der Waals surface area contributed by atoms with E-state index in [1.165, 1.54) is 6.07 Å². The molecule has 1 amide bonds. The second kappa shape index (κ2) is 9.16. The smallest absolute Gasteiger partial charge is 0.230 e. The van der Waals surface area contributed by atoms with Crippen molar-refractivity contribution in [3.8, 4) is 5.75 Å². The predicted molar refractivity (Wildman–Crippen MR) is 137 cm³/mol. The molecule has 198 valence electrons. The quantitative estimate of drug-likeness (QED) is 0.364. The first-order chi connectivity index (χ1) is 18.0. The topological polar surface area (TPSA) is 174 Å². The number of aliphatic hydroxyl groups excluding tert-OH is 2. The number of hydrogen-bond donors (Lipinski definition) is 5. The van der Waals surface area contributed by atoms with Crippen LogP contribution in [0.4, 0.5) is 0 Å². The number of Topliss-reactive ketones (excluding diaryl/α,β-unsaturated/α-hetero) is 2. The summed E-state index contributed by atoms with van der Waals surface area (Å²) in [5.41, 5.74) is 4.83. The van der Waals surface area contributed by atoms with E-state index in [1.54, 1.807) is 37.5 Å². The summed E-state index contributed by atoms with van der Waals surface area (Å²) in [7, 11) is 3.23. The highest BCUT2D eigenvalue weighted by atomic mass is 16.3. The molecule has 0 bridgehead atoms. The predicted octanol–water partition coefficient (Wildman–Crippen LogP) is 0.694. The molecular formula is C28H29N3O7. The molecule has 10 heteroatoms. The van der Waals surface area contributed by atoms with Crippen LogP contribution in [0.5, 0.6) is 5.75 Å². The van der Waals surface area contributed by atoms with Crippen LogP contribution in [0.2, 0.25) is 0 Å². The molecule has 1 aromatic heterocycles. The van der Waals surface area contributed by atoms with E-state index >= 15 is 0 Å². The molecule has 2 saturated carbocycles. The van der Waals surface area contributed by atoms with Crippen molar-refractivity contribution in [2.75, 3.05) is 14.1 Å². The fraction of sp³-hybridized carbons (Fsp3) is 0.357. The zero-order valence-corrected chi connectivity index (χ0v) is 20.9. The third-order valence-electron chi connectivity index (χ3n) is 8.17. The van der Waals surface area contributed by atoms with Crippen molar-refractivity contribution in [2.45, 2.75) is 30.6 Å². The number of nitrogens with zero attached hydrogens (tertiary/aromatic N) is 2. The first-order valence-corrected chi connectivity index (χ1v) is 12.3. The van der Waals surface area contributed by atoms with E-state index in [1.807, 2.05) is 24.3 Å². The molecular weight excluding hydrogens is 490 g/mol. The molecule has 38 heavy (non-hydrogen) atoms. The molecule has 3 aliphatic carbocycles. The van der Waals surface area contributed by atoms with Gasteiger partial charge in [-0.1, -0.05) is 18.2 Å². The van der Waals surface area contributed by atoms with Crippen molar-refractivity contribution < 1.29 is 34.8 Å². The number of amides is 1. The van der Waals surface area contributed by atoms with Gasteiger partial charge in [0.05, 0.1) is 11.7 Å². The van der Waals surface area contributed by atoms with Crippen molar-refractivity contribution >= 4 is 35.4 Å². The number of pyridine rings is 1. The molecule has 2 aromatic rings. The summed E-state index contributed by atoms with van der Waals surface area (Å²) < 4.78 is 0. The first-order valence-electron chi connectivity index (χ1n) is 12.3. The Morgan fingerprint density at radius 2 is 1.82 bits per heavy atom. The highest BCUT2D eigenvalue weighted by Crippen LogP contribution is 2.52. The van der Waals surface area contributed by atoms with Crippen molar-refractivity contribution in [3.63, 3.8) is 0 Å². The van der Waals surface area contributed by atoms with Crippen LogP contribution in [0.1, 0.15) is 28.7 Å². The van der Waals surface area contributed by atoms with E-state index < -0.39 is 58.7 Å². The van der Waals surface area contributed by atoms with Gasteiger partial charge in [-0.25, -0.2) is 0 Å². The largest absolute Gasteiger partial charge is 0.507 e. The number of nitrogens with two attached hydrogens (primary N) is 1. The standard InChI is InChI=1S/C28H29N3O7/c1-31(2)22-17-12-15-11-16-14(4-3-13-7-9-30-10-8-13)5-6-18(32)20(16)23(33)19(15)25(35)28(17,38)26(36)21(24(22)34)27(29)37/h3-10,15,17,21-22,24,32-34,38H,11-12H2,1-2H3,(H2,29,37)/b4-3+/t15-,17-,21?,22-,24?,28-/m1/s1. The van der Waals surface area contributed by atoms with Gasteiger partial charge in [0.15, 0.2) is 11.4 Å². The normalized spacial score (nSPS) is 30.8. The van der Waals surface area contributed by atoms with E-state index in [0.717, 1.165) is 5.56 Å². The molecule has 1 aromatic carbocycles. The van der Waals surface area contributed by atoms with Gasteiger partial charge in [0.25, 0.3) is 0 Å². The number of phenols is 1. The molecule has 2 unspecified atom stereocenters. The Kier molecular flexibility index (Phi) is 6.21. The fourth-order valence-electron chi connectivity index (χ4n) is 6.45. The number of likely N-dealkylation sites (N-methyl/N-ethyl adjacent to an activating group) is 1. The second-order valence-corrected chi connectivity index (χ2v) is 10.4. The van der Waals surface area contributed by atoms with E-state index in [4.69, 9.17) is 5.73 Å². The van der Waals surface area contributed by atoms with Crippen LogP contribution in [0.15, 0.2) is 42.2 Å². The van der Waals surface area contributed by atoms with Crippen LogP contribution in [0, 0.1) is 17.8 Å². The van der Waals surface area contributed by atoms with E-state index in [2.05, 4.69) is 4.98 Å². The molecule has 5 rings (SSSR count). The Morgan fingerprint density at radius 1 is 1.13 bits per heavy atom. The first kappa shape index (κ1) is 25.8. The van der Waals surface area contributed by atoms with Gasteiger partial charge in [-0.2, -0.15) is 0 Å². The Labute approximate surface area is 218 Å². The van der Waals surface area contributed by atoms with Gasteiger partial charge in [-0.3, -0.25) is 19.4 Å². The summed E-state index contributed by atoms with van der Waals surface area (Å²) in [5, 5.41) is 44.6. The Balaban J connectivity index is 1.65. The SMILES string of the molecule is CN(C)[C@H]1C(O)C(C(N)=O)C(=O)[C@]2(O)C(=O)C3=C(O)c4c(O)ccc(/C=C/c5ccncc5)c4C[C@@H]3C[C@H]12. The maximum absolute atomic E-state index is 13.9. The number of carbonyl (C=O) groups excluding carboxylic acids is 3. The third-order valence-corrected chi connectivity index (χ3v) is 8.17. The van der Waals surface area contributed by atoms with Gasteiger partial charge in [-0.05, 0) is 67.7 Å². The number of benzene rings is 1. The van der Waals surface area contributed by atoms with Gasteiger partial charge in [-0.15, -0.1) is 0 Å². The van der Waals surface area contributed by atoms with Crippen molar-refractivity contribution in [2.24, 2.45) is 23.5 Å². The molecule has 10 nitrogen and oxygen atoms in total. The summed E-state index contributed by atoms with van der Waals surface area (Å²) in [4.78, 5) is 44.9. The zero-order valence-electron chi connectivity index (χ0n) is 20.9. The van der Waals surface area contributed by atoms with Gasteiger partial charge >= 0.3 is 0 Å². The lowest BCUT2D eigenvalue weighted by molar-refractivity contribution is -0.184. The molecule has 1 heterocycles. The van der Waals surface area contributed by atoms with Crippen LogP contribution in [-0.2, 0) is 20.8 Å². The second-order valence-electron chi connectivity index (χ2n) is 10.4. The van der Waals surface area contributed by atoms with Crippen LogP contribution >= 0.6 is 0 Å². The lowest BCUT2D eigenvalue weighted by atomic mass is 9.54. The summed E-state index contributed by atoms with van der Waals surface area (Å²) in [6.45, 7) is 0. The maximum atomic E-state index is 13.9. The molecule has 6 N–H and O–H groups in total. The number of phenolic OH excluding ortho intramolecular Hbond substituents is 1. The Morgan fingerprint density at radius 3 is 2.45 bits per heavy atom. The number of fused-ring (bicyclic) bond motifs is 3. The highest BCUT2D eigenvalue weighted by Gasteiger charge is 2.67.